The first-order chi connectivity index (χ1) is 12.8. The molecule has 0 aliphatic carbocycles. The van der Waals surface area contributed by atoms with E-state index < -0.39 is 0 Å². The van der Waals surface area contributed by atoms with Crippen molar-refractivity contribution in [1.29, 1.82) is 0 Å². The molecular formula is C23H25N3. The maximum atomic E-state index is 4.74. The fourth-order valence-electron chi connectivity index (χ4n) is 2.91. The lowest BCUT2D eigenvalue weighted by molar-refractivity contribution is 0.866. The van der Waals surface area contributed by atoms with Crippen LogP contribution in [-0.4, -0.2) is 19.3 Å². The Balaban J connectivity index is 1.85. The summed E-state index contributed by atoms with van der Waals surface area (Å²) in [7, 11) is 0. The number of hydrogen-bond acceptors (Lipinski definition) is 3. The summed E-state index contributed by atoms with van der Waals surface area (Å²) < 4.78 is 0. The molecule has 3 aromatic rings. The third-order valence-electron chi connectivity index (χ3n) is 4.35. The molecule has 26 heavy (non-hydrogen) atoms. The largest absolute Gasteiger partial charge is 0.372 e. The molecule has 0 radical (unpaired) electrons. The zero-order chi connectivity index (χ0) is 18.2. The standard InChI is InChI=1S/C23H25N3/c1-3-25(4-2)21-17-15-20(16-18-21)19-24-26(22-11-7-5-8-12-22)23-13-9-6-10-14-23/h5-19H,3-4H2,1-2H3/b24-19-. The Morgan fingerprint density at radius 3 is 1.62 bits per heavy atom. The molecular weight excluding hydrogens is 318 g/mol. The number of para-hydroxylation sites is 2. The first-order valence-corrected chi connectivity index (χ1v) is 9.11. The smallest absolute Gasteiger partial charge is 0.0652 e. The zero-order valence-corrected chi connectivity index (χ0v) is 15.4. The summed E-state index contributed by atoms with van der Waals surface area (Å²) in [5, 5.41) is 6.70. The van der Waals surface area contributed by atoms with Gasteiger partial charge in [-0.15, -0.1) is 0 Å². The normalized spacial score (nSPS) is 10.8. The van der Waals surface area contributed by atoms with E-state index in [4.69, 9.17) is 5.10 Å². The van der Waals surface area contributed by atoms with Gasteiger partial charge < -0.3 is 4.90 Å². The second-order valence-electron chi connectivity index (χ2n) is 5.99. The quantitative estimate of drug-likeness (QED) is 0.404. The van der Waals surface area contributed by atoms with Crippen LogP contribution in [0.15, 0.2) is 90.0 Å². The summed E-state index contributed by atoms with van der Waals surface area (Å²) in [5.41, 5.74) is 4.40. The lowest BCUT2D eigenvalue weighted by atomic mass is 10.2. The molecule has 0 spiro atoms. The van der Waals surface area contributed by atoms with Gasteiger partial charge in [-0.2, -0.15) is 5.10 Å². The molecule has 0 aliphatic heterocycles. The maximum absolute atomic E-state index is 4.74. The van der Waals surface area contributed by atoms with E-state index >= 15 is 0 Å². The Hall–Kier alpha value is -3.07. The van der Waals surface area contributed by atoms with Crippen molar-refractivity contribution in [2.24, 2.45) is 5.10 Å². The van der Waals surface area contributed by atoms with Crippen molar-refractivity contribution in [3.05, 3.63) is 90.5 Å². The Kier molecular flexibility index (Phi) is 6.05. The highest BCUT2D eigenvalue weighted by Crippen LogP contribution is 2.25. The molecule has 0 atom stereocenters. The van der Waals surface area contributed by atoms with Crippen LogP contribution in [0.2, 0.25) is 0 Å². The van der Waals surface area contributed by atoms with Crippen LogP contribution in [0.5, 0.6) is 0 Å². The Morgan fingerprint density at radius 2 is 1.15 bits per heavy atom. The van der Waals surface area contributed by atoms with Gasteiger partial charge in [-0.1, -0.05) is 48.5 Å². The molecule has 0 N–H and O–H groups in total. The molecule has 0 fully saturated rings. The van der Waals surface area contributed by atoms with Crippen LogP contribution in [0, 0.1) is 0 Å². The number of benzene rings is 3. The van der Waals surface area contributed by atoms with E-state index in [-0.39, 0.29) is 0 Å². The summed E-state index contributed by atoms with van der Waals surface area (Å²) in [6.45, 7) is 6.38. The second kappa shape index (κ2) is 8.86. The third kappa shape index (κ3) is 4.31. The van der Waals surface area contributed by atoms with Gasteiger partial charge in [0.15, 0.2) is 0 Å². The van der Waals surface area contributed by atoms with Crippen LogP contribution < -0.4 is 9.91 Å². The van der Waals surface area contributed by atoms with Gasteiger partial charge in [-0.05, 0) is 55.8 Å². The van der Waals surface area contributed by atoms with Gasteiger partial charge in [0.25, 0.3) is 0 Å². The zero-order valence-electron chi connectivity index (χ0n) is 15.4. The molecule has 0 saturated heterocycles. The van der Waals surface area contributed by atoms with Crippen molar-refractivity contribution in [2.45, 2.75) is 13.8 Å². The topological polar surface area (TPSA) is 18.8 Å². The Labute approximate surface area is 156 Å². The van der Waals surface area contributed by atoms with E-state index in [9.17, 15) is 0 Å². The van der Waals surface area contributed by atoms with Crippen LogP contribution in [0.4, 0.5) is 17.1 Å². The van der Waals surface area contributed by atoms with E-state index in [1.807, 2.05) is 47.6 Å². The van der Waals surface area contributed by atoms with E-state index in [0.717, 1.165) is 30.0 Å². The first kappa shape index (κ1) is 17.7. The van der Waals surface area contributed by atoms with Gasteiger partial charge in [0.05, 0.1) is 17.6 Å². The number of anilines is 3. The predicted molar refractivity (Wildman–Crippen MR) is 113 cm³/mol. The number of nitrogens with zero attached hydrogens (tertiary/aromatic N) is 3. The van der Waals surface area contributed by atoms with Crippen molar-refractivity contribution in [3.63, 3.8) is 0 Å². The molecule has 132 valence electrons. The van der Waals surface area contributed by atoms with Crippen LogP contribution in [0.1, 0.15) is 19.4 Å². The van der Waals surface area contributed by atoms with Gasteiger partial charge in [-0.25, -0.2) is 5.01 Å². The van der Waals surface area contributed by atoms with Gasteiger partial charge >= 0.3 is 0 Å². The summed E-state index contributed by atoms with van der Waals surface area (Å²) in [5.74, 6) is 0. The van der Waals surface area contributed by atoms with Crippen molar-refractivity contribution in [2.75, 3.05) is 23.0 Å². The first-order valence-electron chi connectivity index (χ1n) is 9.11. The molecule has 0 aliphatic rings. The molecule has 0 bridgehead atoms. The van der Waals surface area contributed by atoms with Crippen molar-refractivity contribution in [1.82, 2.24) is 0 Å². The average molecular weight is 343 g/mol. The second-order valence-corrected chi connectivity index (χ2v) is 5.99. The van der Waals surface area contributed by atoms with Gasteiger partial charge in [0.1, 0.15) is 0 Å². The van der Waals surface area contributed by atoms with Gasteiger partial charge in [-0.3, -0.25) is 0 Å². The molecule has 0 heterocycles. The number of hydrogen-bond donors (Lipinski definition) is 0. The molecule has 0 saturated carbocycles. The summed E-state index contributed by atoms with van der Waals surface area (Å²) in [4.78, 5) is 2.33. The third-order valence-corrected chi connectivity index (χ3v) is 4.35. The molecule has 3 nitrogen and oxygen atoms in total. The lowest BCUT2D eigenvalue weighted by Gasteiger charge is -2.21. The van der Waals surface area contributed by atoms with E-state index in [1.165, 1.54) is 5.69 Å². The highest BCUT2D eigenvalue weighted by molar-refractivity contribution is 5.82. The van der Waals surface area contributed by atoms with Crippen LogP contribution in [0.25, 0.3) is 0 Å². The highest BCUT2D eigenvalue weighted by atomic mass is 15.5. The summed E-state index contributed by atoms with van der Waals surface area (Å²) in [6.07, 6.45) is 1.91. The molecule has 3 heteroatoms. The summed E-state index contributed by atoms with van der Waals surface area (Å²) in [6, 6.07) is 28.9. The average Bonchev–Trinajstić information content (AvgIpc) is 2.72. The summed E-state index contributed by atoms with van der Waals surface area (Å²) >= 11 is 0. The number of hydrazone groups is 1. The van der Waals surface area contributed by atoms with E-state index in [2.05, 4.69) is 67.3 Å². The highest BCUT2D eigenvalue weighted by Gasteiger charge is 2.06. The lowest BCUT2D eigenvalue weighted by Crippen LogP contribution is -2.21. The van der Waals surface area contributed by atoms with Crippen LogP contribution >= 0.6 is 0 Å². The number of rotatable bonds is 7. The molecule has 0 aromatic heterocycles. The molecule has 0 amide bonds. The minimum atomic E-state index is 1.01. The van der Waals surface area contributed by atoms with Crippen molar-refractivity contribution in [3.8, 4) is 0 Å². The molecule has 0 unspecified atom stereocenters. The fraction of sp³-hybridized carbons (Fsp3) is 0.174. The maximum Gasteiger partial charge on any atom is 0.0652 e. The van der Waals surface area contributed by atoms with Crippen molar-refractivity contribution >= 4 is 23.3 Å². The SMILES string of the molecule is CCN(CC)c1ccc(/C=N\N(c2ccccc2)c2ccccc2)cc1. The Bertz CT molecular complexity index is 768. The van der Waals surface area contributed by atoms with E-state index in [1.54, 1.807) is 0 Å². The Morgan fingerprint density at radius 1 is 0.654 bits per heavy atom. The van der Waals surface area contributed by atoms with E-state index in [0.29, 0.717) is 0 Å². The van der Waals surface area contributed by atoms with Gasteiger partial charge in [0.2, 0.25) is 0 Å². The monoisotopic (exact) mass is 343 g/mol. The van der Waals surface area contributed by atoms with Crippen LogP contribution in [0.3, 0.4) is 0 Å². The fourth-order valence-corrected chi connectivity index (χ4v) is 2.91. The van der Waals surface area contributed by atoms with Crippen molar-refractivity contribution < 1.29 is 0 Å². The minimum absolute atomic E-state index is 1.01. The minimum Gasteiger partial charge on any atom is -0.372 e. The van der Waals surface area contributed by atoms with Crippen LogP contribution in [-0.2, 0) is 0 Å². The molecule has 3 aromatic carbocycles. The molecule has 3 rings (SSSR count). The predicted octanol–water partition coefficient (Wildman–Crippen LogP) is 5.71. The van der Waals surface area contributed by atoms with Gasteiger partial charge in [0, 0.05) is 18.8 Å².